The van der Waals surface area contributed by atoms with Crippen LogP contribution in [0.2, 0.25) is 0 Å². The van der Waals surface area contributed by atoms with E-state index in [4.69, 9.17) is 14.5 Å². The fraction of sp³-hybridized carbons (Fsp3) is 0.933. The van der Waals surface area contributed by atoms with Crippen LogP contribution in [-0.4, -0.2) is 69.3 Å². The average molecular weight is 385 g/mol. The van der Waals surface area contributed by atoms with Crippen molar-refractivity contribution in [3.8, 4) is 0 Å². The second-order valence-corrected chi connectivity index (χ2v) is 8.22. The van der Waals surface area contributed by atoms with Crippen molar-refractivity contribution in [2.75, 3.05) is 47.5 Å². The van der Waals surface area contributed by atoms with Gasteiger partial charge >= 0.3 is 5.97 Å². The van der Waals surface area contributed by atoms with Crippen LogP contribution in [0, 0.1) is 0 Å². The van der Waals surface area contributed by atoms with Crippen LogP contribution in [0.25, 0.3) is 0 Å². The lowest BCUT2D eigenvalue weighted by molar-refractivity contribution is -0.870. The van der Waals surface area contributed by atoms with Crippen molar-refractivity contribution in [2.24, 2.45) is 0 Å². The molecule has 0 aromatic carbocycles. The molecule has 0 saturated heterocycles. The Morgan fingerprint density at radius 1 is 1.16 bits per heavy atom. The molecule has 0 aromatic heterocycles. The minimum absolute atomic E-state index is 0.0261. The van der Waals surface area contributed by atoms with Gasteiger partial charge in [0.15, 0.2) is 6.10 Å². The number of ether oxygens (including phenoxy) is 1. The number of hydrogen-bond donors (Lipinski definition) is 1. The van der Waals surface area contributed by atoms with Crippen molar-refractivity contribution < 1.29 is 42.7 Å². The Morgan fingerprint density at radius 3 is 2.40 bits per heavy atom. The Labute approximate surface area is 150 Å². The normalized spacial score (nSPS) is 15.6. The summed E-state index contributed by atoms with van der Waals surface area (Å²) in [5.41, 5.74) is 0. The lowest BCUT2D eigenvalue weighted by Gasteiger charge is -2.27. The molecule has 9 nitrogen and oxygen atoms in total. The van der Waals surface area contributed by atoms with Crippen molar-refractivity contribution >= 4 is 13.8 Å². The van der Waals surface area contributed by atoms with Gasteiger partial charge in [0, 0.05) is 6.42 Å². The van der Waals surface area contributed by atoms with E-state index < -0.39 is 26.5 Å². The molecule has 0 aromatic rings. The summed E-state index contributed by atoms with van der Waals surface area (Å²) in [6, 6.07) is 0. The third-order valence-corrected chi connectivity index (χ3v) is 4.21. The van der Waals surface area contributed by atoms with E-state index in [9.17, 15) is 14.3 Å². The first-order valence-electron chi connectivity index (χ1n) is 8.46. The molecule has 0 amide bonds. The molecule has 1 N–H and O–H groups in total. The molecule has 0 aliphatic heterocycles. The van der Waals surface area contributed by atoms with Gasteiger partial charge in [0.05, 0.1) is 27.7 Å². The molecule has 0 saturated carbocycles. The molecule has 0 rings (SSSR count). The maximum absolute atomic E-state index is 11.6. The lowest BCUT2D eigenvalue weighted by atomic mass is 10.2. The van der Waals surface area contributed by atoms with Gasteiger partial charge in [-0.15, -0.1) is 0 Å². The number of esters is 1. The number of carbonyl (C=O) groups is 1. The summed E-state index contributed by atoms with van der Waals surface area (Å²) in [7, 11) is 1.18. The molecular formula is C15H32NO8P. The fourth-order valence-corrected chi connectivity index (χ4v) is 2.43. The summed E-state index contributed by atoms with van der Waals surface area (Å²) in [5, 5.41) is 8.76. The molecule has 0 bridgehead atoms. The van der Waals surface area contributed by atoms with Crippen molar-refractivity contribution in [1.82, 2.24) is 0 Å². The minimum atomic E-state index is -4.51. The molecule has 0 radical (unpaired) electrons. The Bertz CT molecular complexity index is 413. The number of nitrogens with zero attached hydrogens (tertiary/aromatic N) is 1. The summed E-state index contributed by atoms with van der Waals surface area (Å²) >= 11 is 0. The maximum atomic E-state index is 11.6. The third kappa shape index (κ3) is 15.4. The maximum Gasteiger partial charge on any atom is 0.305 e. The Morgan fingerprint density at radius 2 is 1.84 bits per heavy atom. The van der Waals surface area contributed by atoms with Gasteiger partial charge in [-0.1, -0.05) is 26.2 Å². The van der Waals surface area contributed by atoms with E-state index in [-0.39, 0.29) is 19.6 Å². The van der Waals surface area contributed by atoms with Gasteiger partial charge in [-0.2, -0.15) is 0 Å². The molecule has 10 heteroatoms. The standard InChI is InChI=1S/C15H32NO8P/c1-5-6-7-8-9-15(17)21-12-14(24-18)13-23-25(19,20)22-11-10-16(2,3)4/h14H,5-13H2,1-4H3,(H-,18,19,20)/t14-/m1/s1. The van der Waals surface area contributed by atoms with Crippen LogP contribution >= 0.6 is 7.82 Å². The summed E-state index contributed by atoms with van der Waals surface area (Å²) in [5.74, 6) is -0.428. The van der Waals surface area contributed by atoms with Crippen LogP contribution in [-0.2, 0) is 28.0 Å². The second kappa shape index (κ2) is 12.8. The first kappa shape index (κ1) is 24.5. The Balaban J connectivity index is 4.02. The molecule has 150 valence electrons. The van der Waals surface area contributed by atoms with Crippen LogP contribution in [0.5, 0.6) is 0 Å². The van der Waals surface area contributed by atoms with E-state index >= 15 is 0 Å². The highest BCUT2D eigenvalue weighted by atomic mass is 31.2. The van der Waals surface area contributed by atoms with E-state index in [1.807, 2.05) is 21.1 Å². The van der Waals surface area contributed by atoms with Crippen molar-refractivity contribution in [3.05, 3.63) is 0 Å². The summed E-state index contributed by atoms with van der Waals surface area (Å²) < 4.78 is 26.4. The average Bonchev–Trinajstić information content (AvgIpc) is 2.50. The predicted octanol–water partition coefficient (Wildman–Crippen LogP) is 1.57. The van der Waals surface area contributed by atoms with E-state index in [0.29, 0.717) is 11.0 Å². The van der Waals surface area contributed by atoms with Crippen LogP contribution in [0.4, 0.5) is 0 Å². The van der Waals surface area contributed by atoms with E-state index in [1.54, 1.807) is 0 Å². The van der Waals surface area contributed by atoms with E-state index in [2.05, 4.69) is 16.3 Å². The van der Waals surface area contributed by atoms with Crippen LogP contribution in [0.3, 0.4) is 0 Å². The topological polar surface area (TPSA) is 114 Å². The van der Waals surface area contributed by atoms with Crippen molar-refractivity contribution in [3.63, 3.8) is 0 Å². The molecule has 0 fully saturated rings. The lowest BCUT2D eigenvalue weighted by Crippen LogP contribution is -2.37. The van der Waals surface area contributed by atoms with Gasteiger partial charge in [0.2, 0.25) is 0 Å². The number of hydrogen-bond acceptors (Lipinski definition) is 8. The Hall–Kier alpha value is -0.540. The smallest absolute Gasteiger partial charge is 0.305 e. The third-order valence-electron chi connectivity index (χ3n) is 3.24. The van der Waals surface area contributed by atoms with Gasteiger partial charge in [-0.3, -0.25) is 14.6 Å². The van der Waals surface area contributed by atoms with Crippen LogP contribution in [0.1, 0.15) is 39.0 Å². The zero-order chi connectivity index (χ0) is 19.3. The first-order chi connectivity index (χ1) is 11.6. The van der Waals surface area contributed by atoms with Crippen molar-refractivity contribution in [2.45, 2.75) is 45.1 Å². The summed E-state index contributed by atoms with van der Waals surface area (Å²) in [6.07, 6.45) is 2.95. The van der Waals surface area contributed by atoms with E-state index in [0.717, 1.165) is 25.7 Å². The molecular weight excluding hydrogens is 353 g/mol. The molecule has 1 unspecified atom stereocenters. The zero-order valence-corrected chi connectivity index (χ0v) is 16.5. The monoisotopic (exact) mass is 385 g/mol. The van der Waals surface area contributed by atoms with Crippen LogP contribution < -0.4 is 4.89 Å². The molecule has 25 heavy (non-hydrogen) atoms. The minimum Gasteiger partial charge on any atom is -0.756 e. The number of phosphoric acid groups is 1. The number of likely N-dealkylation sites (N-methyl/N-ethyl adjacent to an activating group) is 1. The Kier molecular flexibility index (Phi) is 12.5. The predicted molar refractivity (Wildman–Crippen MR) is 89.6 cm³/mol. The van der Waals surface area contributed by atoms with E-state index in [1.165, 1.54) is 0 Å². The molecule has 0 spiro atoms. The first-order valence-corrected chi connectivity index (χ1v) is 9.92. The second-order valence-electron chi connectivity index (χ2n) is 6.81. The number of phosphoric ester groups is 1. The van der Waals surface area contributed by atoms with Gasteiger partial charge < -0.3 is 23.2 Å². The fourth-order valence-electron chi connectivity index (χ4n) is 1.70. The molecule has 0 aliphatic rings. The van der Waals surface area contributed by atoms with Crippen LogP contribution in [0.15, 0.2) is 0 Å². The SMILES string of the molecule is CCCCCCC(=O)OC[C@H](COP(=O)([O-])OCC[N+](C)(C)C)OO. The van der Waals surface area contributed by atoms with Gasteiger partial charge in [-0.25, -0.2) is 4.89 Å². The number of carbonyl (C=O) groups excluding carboxylic acids is 1. The van der Waals surface area contributed by atoms with Gasteiger partial charge in [0.25, 0.3) is 7.82 Å². The number of quaternary nitrogens is 1. The number of rotatable bonds is 15. The quantitative estimate of drug-likeness (QED) is 0.113. The number of unbranched alkanes of at least 4 members (excludes halogenated alkanes) is 3. The molecule has 0 heterocycles. The summed E-state index contributed by atoms with van der Waals surface area (Å²) in [4.78, 5) is 27.2. The highest BCUT2D eigenvalue weighted by Crippen LogP contribution is 2.38. The largest absolute Gasteiger partial charge is 0.756 e. The van der Waals surface area contributed by atoms with Gasteiger partial charge in [0.1, 0.15) is 19.8 Å². The molecule has 2 atom stereocenters. The molecule has 0 aliphatic carbocycles. The highest BCUT2D eigenvalue weighted by Gasteiger charge is 2.19. The van der Waals surface area contributed by atoms with Crippen molar-refractivity contribution in [1.29, 1.82) is 0 Å². The van der Waals surface area contributed by atoms with Gasteiger partial charge in [-0.05, 0) is 6.42 Å². The zero-order valence-electron chi connectivity index (χ0n) is 15.6. The highest BCUT2D eigenvalue weighted by molar-refractivity contribution is 7.45. The summed E-state index contributed by atoms with van der Waals surface area (Å²) in [6.45, 7) is 1.71.